The minimum atomic E-state index is -1.11. The molecule has 7 nitrogen and oxygen atoms in total. The van der Waals surface area contributed by atoms with Crippen LogP contribution in [0.25, 0.3) is 5.76 Å². The number of aromatic hydroxyl groups is 1. The number of anilines is 1. The van der Waals surface area contributed by atoms with Crippen LogP contribution in [-0.2, 0) is 9.59 Å². The van der Waals surface area contributed by atoms with E-state index >= 15 is 0 Å². The van der Waals surface area contributed by atoms with Crippen LogP contribution in [0.4, 0.5) is 5.69 Å². The lowest BCUT2D eigenvalue weighted by molar-refractivity contribution is -0.132. The number of rotatable bonds is 5. The van der Waals surface area contributed by atoms with Gasteiger partial charge in [0.2, 0.25) is 0 Å². The number of nitrogens with zero attached hydrogens (tertiary/aromatic N) is 1. The molecule has 1 fully saturated rings. The zero-order valence-corrected chi connectivity index (χ0v) is 19.6. The van der Waals surface area contributed by atoms with Crippen LogP contribution < -0.4 is 14.4 Å². The Morgan fingerprint density at radius 1 is 0.941 bits per heavy atom. The van der Waals surface area contributed by atoms with Gasteiger partial charge in [-0.15, -0.1) is 0 Å². The van der Waals surface area contributed by atoms with Crippen LogP contribution in [0.1, 0.15) is 17.2 Å². The molecule has 0 aromatic heterocycles. The number of halogens is 2. The highest BCUT2D eigenvalue weighted by molar-refractivity contribution is 6.52. The number of hydrogen-bond donors (Lipinski definition) is 2. The number of phenolic OH excluding ortho intramolecular Hbond substituents is 1. The van der Waals surface area contributed by atoms with Crippen LogP contribution in [0.5, 0.6) is 17.2 Å². The fraction of sp³-hybridized carbons (Fsp3) is 0.120. The number of amides is 1. The van der Waals surface area contributed by atoms with Gasteiger partial charge in [-0.25, -0.2) is 0 Å². The second-order valence-electron chi connectivity index (χ2n) is 7.37. The standard InChI is InChI=1S/C25H19Cl2NO6/c1-33-19-10-6-3-7-14(19)21-20(22(30)13-11-15(26)24(34-2)16(27)12-13)23(31)25(32)28(21)17-8-4-5-9-18(17)29/h3-12,21,29-30H,1-2H3/b22-20+. The predicted octanol–water partition coefficient (Wildman–Crippen LogP) is 5.34. The van der Waals surface area contributed by atoms with E-state index < -0.39 is 23.5 Å². The molecule has 0 radical (unpaired) electrons. The Morgan fingerprint density at radius 3 is 2.18 bits per heavy atom. The van der Waals surface area contributed by atoms with E-state index in [1.54, 1.807) is 36.4 Å². The molecule has 9 heteroatoms. The molecule has 0 bridgehead atoms. The topological polar surface area (TPSA) is 96.3 Å². The molecule has 0 aliphatic carbocycles. The lowest BCUT2D eigenvalue weighted by Gasteiger charge is -2.27. The molecular weight excluding hydrogens is 481 g/mol. The molecule has 1 heterocycles. The Labute approximate surface area is 205 Å². The van der Waals surface area contributed by atoms with Gasteiger partial charge in [0, 0.05) is 11.1 Å². The van der Waals surface area contributed by atoms with Gasteiger partial charge >= 0.3 is 0 Å². The Kier molecular flexibility index (Phi) is 6.41. The Bertz CT molecular complexity index is 1310. The summed E-state index contributed by atoms with van der Waals surface area (Å²) in [5, 5.41) is 22.0. The fourth-order valence-electron chi connectivity index (χ4n) is 3.98. The number of ether oxygens (including phenoxy) is 2. The number of carbonyl (C=O) groups excluding carboxylic acids is 2. The monoisotopic (exact) mass is 499 g/mol. The van der Waals surface area contributed by atoms with Crippen molar-refractivity contribution in [3.63, 3.8) is 0 Å². The summed E-state index contributed by atoms with van der Waals surface area (Å²) in [6.07, 6.45) is 0. The van der Waals surface area contributed by atoms with Gasteiger partial charge in [-0.05, 0) is 30.3 Å². The highest BCUT2D eigenvalue weighted by Crippen LogP contribution is 2.47. The first-order valence-corrected chi connectivity index (χ1v) is 10.8. The molecule has 174 valence electrons. The number of Topliss-reactive ketones (excluding diaryl/α,β-unsaturated/α-hetero) is 1. The van der Waals surface area contributed by atoms with Crippen molar-refractivity contribution in [3.05, 3.63) is 87.4 Å². The molecule has 1 atom stereocenters. The predicted molar refractivity (Wildman–Crippen MR) is 129 cm³/mol. The number of phenols is 1. The van der Waals surface area contributed by atoms with E-state index in [4.69, 9.17) is 32.7 Å². The minimum Gasteiger partial charge on any atom is -0.507 e. The maximum Gasteiger partial charge on any atom is 0.300 e. The Morgan fingerprint density at radius 2 is 1.56 bits per heavy atom. The molecule has 1 saturated heterocycles. The zero-order chi connectivity index (χ0) is 24.6. The maximum absolute atomic E-state index is 13.3. The molecule has 0 saturated carbocycles. The van der Waals surface area contributed by atoms with Gasteiger partial charge in [-0.3, -0.25) is 14.5 Å². The van der Waals surface area contributed by atoms with Crippen LogP contribution in [0.3, 0.4) is 0 Å². The average molecular weight is 500 g/mol. The molecule has 1 unspecified atom stereocenters. The quantitative estimate of drug-likeness (QED) is 0.279. The summed E-state index contributed by atoms with van der Waals surface area (Å²) in [7, 11) is 2.85. The molecule has 34 heavy (non-hydrogen) atoms. The Hall–Kier alpha value is -3.68. The minimum absolute atomic E-state index is 0.102. The summed E-state index contributed by atoms with van der Waals surface area (Å²) in [5.41, 5.74) is 0.436. The van der Waals surface area contributed by atoms with Crippen molar-refractivity contribution in [1.29, 1.82) is 0 Å². The highest BCUT2D eigenvalue weighted by atomic mass is 35.5. The molecule has 3 aromatic carbocycles. The normalized spacial score (nSPS) is 17.2. The van der Waals surface area contributed by atoms with Gasteiger partial charge in [0.1, 0.15) is 17.3 Å². The smallest absolute Gasteiger partial charge is 0.300 e. The number of ketones is 1. The maximum atomic E-state index is 13.3. The van der Waals surface area contributed by atoms with Gasteiger partial charge < -0.3 is 19.7 Å². The van der Waals surface area contributed by atoms with E-state index in [2.05, 4.69) is 0 Å². The van der Waals surface area contributed by atoms with Crippen LogP contribution in [0.2, 0.25) is 10.0 Å². The third kappa shape index (κ3) is 3.83. The van der Waals surface area contributed by atoms with Crippen molar-refractivity contribution >= 4 is 46.3 Å². The van der Waals surface area contributed by atoms with Crippen molar-refractivity contribution in [1.82, 2.24) is 0 Å². The van der Waals surface area contributed by atoms with E-state index in [0.29, 0.717) is 11.3 Å². The first-order valence-electron chi connectivity index (χ1n) is 10.1. The van der Waals surface area contributed by atoms with Gasteiger partial charge in [-0.1, -0.05) is 53.5 Å². The van der Waals surface area contributed by atoms with E-state index in [1.807, 2.05) is 0 Å². The molecule has 1 aliphatic heterocycles. The van der Waals surface area contributed by atoms with Gasteiger partial charge in [0.15, 0.2) is 5.75 Å². The fourth-order valence-corrected chi connectivity index (χ4v) is 4.62. The largest absolute Gasteiger partial charge is 0.507 e. The van der Waals surface area contributed by atoms with E-state index in [0.717, 1.165) is 4.90 Å². The molecular formula is C25H19Cl2NO6. The SMILES string of the molecule is COc1ccccc1C1/C(=C(\O)c2cc(Cl)c(OC)c(Cl)c2)C(=O)C(=O)N1c1ccccc1O. The average Bonchev–Trinajstić information content (AvgIpc) is 3.08. The van der Waals surface area contributed by atoms with Gasteiger partial charge in [-0.2, -0.15) is 0 Å². The molecule has 1 amide bonds. The highest BCUT2D eigenvalue weighted by Gasteiger charge is 2.48. The Balaban J connectivity index is 2.02. The lowest BCUT2D eigenvalue weighted by Crippen LogP contribution is -2.29. The lowest BCUT2D eigenvalue weighted by atomic mass is 9.94. The van der Waals surface area contributed by atoms with Crippen molar-refractivity contribution in [2.45, 2.75) is 6.04 Å². The van der Waals surface area contributed by atoms with Crippen molar-refractivity contribution < 1.29 is 29.3 Å². The summed E-state index contributed by atoms with van der Waals surface area (Å²) in [4.78, 5) is 27.6. The van der Waals surface area contributed by atoms with Crippen molar-refractivity contribution in [2.75, 3.05) is 19.1 Å². The molecule has 1 aliphatic rings. The number of aliphatic hydroxyl groups is 1. The van der Waals surface area contributed by atoms with Crippen molar-refractivity contribution in [3.8, 4) is 17.2 Å². The third-order valence-corrected chi connectivity index (χ3v) is 6.06. The number of benzene rings is 3. The third-order valence-electron chi connectivity index (χ3n) is 5.50. The summed E-state index contributed by atoms with van der Waals surface area (Å²) in [6, 6.07) is 14.6. The van der Waals surface area contributed by atoms with E-state index in [9.17, 15) is 19.8 Å². The second kappa shape index (κ2) is 9.29. The number of aliphatic hydroxyl groups excluding tert-OH is 1. The van der Waals surface area contributed by atoms with Crippen LogP contribution in [0.15, 0.2) is 66.2 Å². The number of methoxy groups -OCH3 is 2. The molecule has 0 spiro atoms. The van der Waals surface area contributed by atoms with Crippen LogP contribution in [0, 0.1) is 0 Å². The second-order valence-corrected chi connectivity index (χ2v) is 8.19. The first kappa shape index (κ1) is 23.5. The molecule has 4 rings (SSSR count). The van der Waals surface area contributed by atoms with E-state index in [-0.39, 0.29) is 38.4 Å². The van der Waals surface area contributed by atoms with Gasteiger partial charge in [0.25, 0.3) is 11.7 Å². The summed E-state index contributed by atoms with van der Waals surface area (Å²) < 4.78 is 10.6. The summed E-state index contributed by atoms with van der Waals surface area (Å²) in [6.45, 7) is 0. The van der Waals surface area contributed by atoms with Crippen molar-refractivity contribution in [2.24, 2.45) is 0 Å². The molecule has 2 N–H and O–H groups in total. The van der Waals surface area contributed by atoms with Crippen LogP contribution >= 0.6 is 23.2 Å². The van der Waals surface area contributed by atoms with Crippen LogP contribution in [-0.4, -0.2) is 36.1 Å². The first-order chi connectivity index (χ1) is 16.3. The molecule has 3 aromatic rings. The number of carbonyl (C=O) groups is 2. The summed E-state index contributed by atoms with van der Waals surface area (Å²) in [5.74, 6) is -1.98. The summed E-state index contributed by atoms with van der Waals surface area (Å²) >= 11 is 12.5. The van der Waals surface area contributed by atoms with E-state index in [1.165, 1.54) is 38.5 Å². The number of para-hydroxylation sites is 3. The zero-order valence-electron chi connectivity index (χ0n) is 18.1. The number of hydrogen-bond acceptors (Lipinski definition) is 6. The van der Waals surface area contributed by atoms with Gasteiger partial charge in [0.05, 0.1) is 41.6 Å².